The first-order valence-electron chi connectivity index (χ1n) is 12.3. The zero-order valence-electron chi connectivity index (χ0n) is 20.6. The highest BCUT2D eigenvalue weighted by Gasteiger charge is 2.34. The Morgan fingerprint density at radius 1 is 1.11 bits per heavy atom. The van der Waals surface area contributed by atoms with Gasteiger partial charge in [0.25, 0.3) is 0 Å². The Morgan fingerprint density at radius 2 is 1.87 bits per heavy atom. The van der Waals surface area contributed by atoms with Gasteiger partial charge in [0.2, 0.25) is 0 Å². The van der Waals surface area contributed by atoms with Gasteiger partial charge in [-0.3, -0.25) is 4.57 Å². The Kier molecular flexibility index (Phi) is 5.62. The number of alkyl halides is 3. The van der Waals surface area contributed by atoms with E-state index in [2.05, 4.69) is 25.0 Å². The highest BCUT2D eigenvalue weighted by atomic mass is 19.4. The highest BCUT2D eigenvalue weighted by Crippen LogP contribution is 2.43. The fraction of sp³-hybridized carbons (Fsp3) is 0.308. The van der Waals surface area contributed by atoms with Gasteiger partial charge in [-0.05, 0) is 49.9 Å². The van der Waals surface area contributed by atoms with Crippen molar-refractivity contribution in [3.05, 3.63) is 81.7 Å². The Balaban J connectivity index is 1.35. The summed E-state index contributed by atoms with van der Waals surface area (Å²) in [5, 5.41) is 3.69. The standard InChI is InChI=1S/C26H23F3N8O/c1-3-18-21(22(16-6-7-16)32-13-31-18)23-30-11-19-24(34-23)36(25(38)33-19)12-15-4-8-17(9-5-15)37-14(2)10-20(35-37)26(27,28)29/h4-5,8-11,13,16H,3,6-7,12H2,1-2H3,(H,33,38). The molecule has 1 aromatic carbocycles. The van der Waals surface area contributed by atoms with Crippen LogP contribution in [0.4, 0.5) is 13.2 Å². The largest absolute Gasteiger partial charge is 0.435 e. The topological polar surface area (TPSA) is 107 Å². The fourth-order valence-electron chi connectivity index (χ4n) is 4.63. The summed E-state index contributed by atoms with van der Waals surface area (Å²) in [6.07, 6.45) is 1.49. The molecule has 12 heteroatoms. The second-order valence-corrected chi connectivity index (χ2v) is 9.40. The number of imidazole rings is 1. The molecule has 4 aromatic heterocycles. The van der Waals surface area contributed by atoms with Gasteiger partial charge in [-0.2, -0.15) is 18.3 Å². The van der Waals surface area contributed by atoms with Crippen LogP contribution in [0.2, 0.25) is 0 Å². The molecule has 0 bridgehead atoms. The van der Waals surface area contributed by atoms with Crippen LogP contribution in [0.3, 0.4) is 0 Å². The summed E-state index contributed by atoms with van der Waals surface area (Å²) in [6, 6.07) is 7.86. The number of aryl methyl sites for hydroxylation is 2. The maximum Gasteiger partial charge on any atom is 0.435 e. The number of hydrogen-bond donors (Lipinski definition) is 1. The molecule has 5 aromatic rings. The number of H-pyrrole nitrogens is 1. The van der Waals surface area contributed by atoms with Gasteiger partial charge < -0.3 is 4.98 Å². The molecular weight excluding hydrogens is 497 g/mol. The van der Waals surface area contributed by atoms with Crippen molar-refractivity contribution in [1.82, 2.24) is 39.3 Å². The molecule has 4 heterocycles. The molecule has 0 amide bonds. The molecule has 1 saturated carbocycles. The number of halogens is 3. The molecule has 9 nitrogen and oxygen atoms in total. The number of nitrogens with zero attached hydrogens (tertiary/aromatic N) is 7. The van der Waals surface area contributed by atoms with Crippen molar-refractivity contribution in [3.63, 3.8) is 0 Å². The van der Waals surface area contributed by atoms with Crippen LogP contribution in [0.1, 0.15) is 54.0 Å². The number of nitrogens with one attached hydrogen (secondary N) is 1. The molecule has 1 fully saturated rings. The third kappa shape index (κ3) is 4.25. The van der Waals surface area contributed by atoms with E-state index < -0.39 is 11.9 Å². The minimum absolute atomic E-state index is 0.211. The first-order valence-corrected chi connectivity index (χ1v) is 12.3. The average Bonchev–Trinajstić information content (AvgIpc) is 3.60. The molecule has 0 aliphatic heterocycles. The van der Waals surface area contributed by atoms with Crippen molar-refractivity contribution in [3.8, 4) is 17.1 Å². The maximum atomic E-state index is 13.1. The van der Waals surface area contributed by atoms with Gasteiger partial charge in [-0.25, -0.2) is 29.4 Å². The second kappa shape index (κ2) is 8.89. The molecular formula is C26H23F3N8O. The zero-order valence-corrected chi connectivity index (χ0v) is 20.6. The molecule has 0 spiro atoms. The molecule has 1 aliphatic carbocycles. The van der Waals surface area contributed by atoms with E-state index >= 15 is 0 Å². The summed E-state index contributed by atoms with van der Waals surface area (Å²) in [5.74, 6) is 0.852. The van der Waals surface area contributed by atoms with Crippen LogP contribution in [0, 0.1) is 6.92 Å². The molecule has 6 rings (SSSR count). The van der Waals surface area contributed by atoms with Crippen LogP contribution in [-0.2, 0) is 19.1 Å². The van der Waals surface area contributed by atoms with Crippen LogP contribution in [0.15, 0.2) is 47.7 Å². The molecule has 38 heavy (non-hydrogen) atoms. The van der Waals surface area contributed by atoms with Gasteiger partial charge in [-0.1, -0.05) is 19.1 Å². The van der Waals surface area contributed by atoms with Crippen molar-refractivity contribution in [2.24, 2.45) is 0 Å². The smallest absolute Gasteiger partial charge is 0.303 e. The number of fused-ring (bicyclic) bond motifs is 1. The average molecular weight is 521 g/mol. The van der Waals surface area contributed by atoms with E-state index in [-0.39, 0.29) is 12.2 Å². The molecule has 0 atom stereocenters. The quantitative estimate of drug-likeness (QED) is 0.351. The third-order valence-electron chi connectivity index (χ3n) is 6.69. The van der Waals surface area contributed by atoms with Crippen molar-refractivity contribution in [1.29, 1.82) is 0 Å². The molecule has 1 N–H and O–H groups in total. The SMILES string of the molecule is CCc1ncnc(C2CC2)c1-c1ncc2[nH]c(=O)n(Cc3ccc(-n4nc(C(F)(F)F)cc4C)cc3)c2n1. The van der Waals surface area contributed by atoms with E-state index in [1.54, 1.807) is 43.7 Å². The Labute approximate surface area is 214 Å². The summed E-state index contributed by atoms with van der Waals surface area (Å²) in [6.45, 7) is 3.80. The number of benzene rings is 1. The number of aromatic amines is 1. The third-order valence-corrected chi connectivity index (χ3v) is 6.69. The lowest BCUT2D eigenvalue weighted by Crippen LogP contribution is -2.18. The van der Waals surface area contributed by atoms with Crippen LogP contribution in [-0.4, -0.2) is 39.3 Å². The molecule has 0 saturated heterocycles. The van der Waals surface area contributed by atoms with Crippen LogP contribution < -0.4 is 5.69 Å². The Hall–Kier alpha value is -4.35. The van der Waals surface area contributed by atoms with Crippen LogP contribution in [0.25, 0.3) is 28.2 Å². The zero-order chi connectivity index (χ0) is 26.6. The van der Waals surface area contributed by atoms with E-state index in [1.807, 2.05) is 6.92 Å². The Bertz CT molecular complexity index is 1710. The molecule has 194 valence electrons. The van der Waals surface area contributed by atoms with E-state index in [1.165, 1.54) is 9.25 Å². The van der Waals surface area contributed by atoms with Gasteiger partial charge >= 0.3 is 11.9 Å². The van der Waals surface area contributed by atoms with E-state index in [0.29, 0.717) is 40.7 Å². The summed E-state index contributed by atoms with van der Waals surface area (Å²) in [7, 11) is 0. The lowest BCUT2D eigenvalue weighted by atomic mass is 10.1. The minimum Gasteiger partial charge on any atom is -0.303 e. The van der Waals surface area contributed by atoms with Gasteiger partial charge in [0.15, 0.2) is 17.2 Å². The second-order valence-electron chi connectivity index (χ2n) is 9.40. The predicted molar refractivity (Wildman–Crippen MR) is 133 cm³/mol. The van der Waals surface area contributed by atoms with Gasteiger partial charge in [0.1, 0.15) is 11.8 Å². The monoisotopic (exact) mass is 520 g/mol. The fourth-order valence-corrected chi connectivity index (χ4v) is 4.63. The highest BCUT2D eigenvalue weighted by molar-refractivity contribution is 5.74. The number of rotatable bonds is 6. The minimum atomic E-state index is -4.52. The molecule has 0 radical (unpaired) electrons. The molecule has 1 aliphatic rings. The van der Waals surface area contributed by atoms with Crippen LogP contribution in [0.5, 0.6) is 0 Å². The normalized spacial score (nSPS) is 13.9. The van der Waals surface area contributed by atoms with Crippen LogP contribution >= 0.6 is 0 Å². The number of hydrogen-bond acceptors (Lipinski definition) is 6. The van der Waals surface area contributed by atoms with Gasteiger partial charge in [0.05, 0.1) is 35.4 Å². The van der Waals surface area contributed by atoms with E-state index in [0.717, 1.165) is 41.4 Å². The Morgan fingerprint density at radius 3 is 2.53 bits per heavy atom. The van der Waals surface area contributed by atoms with Gasteiger partial charge in [0, 0.05) is 11.6 Å². The van der Waals surface area contributed by atoms with Crippen molar-refractivity contribution in [2.45, 2.75) is 51.7 Å². The van der Waals surface area contributed by atoms with E-state index in [9.17, 15) is 18.0 Å². The lowest BCUT2D eigenvalue weighted by molar-refractivity contribution is -0.141. The lowest BCUT2D eigenvalue weighted by Gasteiger charge is -2.11. The van der Waals surface area contributed by atoms with Crippen molar-refractivity contribution in [2.75, 3.05) is 0 Å². The summed E-state index contributed by atoms with van der Waals surface area (Å²) < 4.78 is 41.9. The van der Waals surface area contributed by atoms with Gasteiger partial charge in [-0.15, -0.1) is 0 Å². The first-order chi connectivity index (χ1) is 18.2. The predicted octanol–water partition coefficient (Wildman–Crippen LogP) is 4.58. The maximum absolute atomic E-state index is 13.1. The van der Waals surface area contributed by atoms with Crippen molar-refractivity contribution >= 4 is 11.2 Å². The van der Waals surface area contributed by atoms with E-state index in [4.69, 9.17) is 4.98 Å². The summed E-state index contributed by atoms with van der Waals surface area (Å²) >= 11 is 0. The first kappa shape index (κ1) is 24.0. The molecule has 0 unspecified atom stereocenters. The number of aromatic nitrogens is 8. The summed E-state index contributed by atoms with van der Waals surface area (Å²) in [4.78, 5) is 33.9. The van der Waals surface area contributed by atoms with Crippen molar-refractivity contribution < 1.29 is 13.2 Å². The summed E-state index contributed by atoms with van der Waals surface area (Å²) in [5.41, 5.74) is 3.94.